The normalized spacial score (nSPS) is 13.4. The Labute approximate surface area is 143 Å². The van der Waals surface area contributed by atoms with Crippen molar-refractivity contribution >= 4 is 41.5 Å². The highest BCUT2D eigenvalue weighted by atomic mass is 127. The number of para-hydroxylation sites is 1. The third-order valence-electron chi connectivity index (χ3n) is 3.23. The molecule has 1 aromatic carbocycles. The third-order valence-corrected chi connectivity index (χ3v) is 3.23. The summed E-state index contributed by atoms with van der Waals surface area (Å²) < 4.78 is 0. The quantitative estimate of drug-likeness (QED) is 0.349. The van der Waals surface area contributed by atoms with E-state index in [4.69, 9.17) is 0 Å². The van der Waals surface area contributed by atoms with E-state index in [0.717, 1.165) is 25.5 Å². The highest BCUT2D eigenvalue weighted by molar-refractivity contribution is 14.0. The molecule has 0 saturated carbocycles. The fraction of sp³-hybridized carbons (Fsp3) is 0.467. The van der Waals surface area contributed by atoms with Crippen molar-refractivity contribution < 1.29 is 4.79 Å². The minimum atomic E-state index is -0.0169. The smallest absolute Gasteiger partial charge is 0.216 e. The van der Waals surface area contributed by atoms with E-state index in [9.17, 15) is 4.79 Å². The van der Waals surface area contributed by atoms with Crippen LogP contribution in [0.3, 0.4) is 0 Å². The van der Waals surface area contributed by atoms with Crippen molar-refractivity contribution in [2.45, 2.75) is 20.3 Å². The Morgan fingerprint density at radius 1 is 1.33 bits per heavy atom. The lowest BCUT2D eigenvalue weighted by molar-refractivity contribution is -0.118. The molecule has 0 aliphatic carbocycles. The summed E-state index contributed by atoms with van der Waals surface area (Å²) in [7, 11) is 0. The third kappa shape index (κ3) is 4.87. The monoisotopic (exact) mass is 402 g/mol. The largest absolute Gasteiger partial charge is 0.356 e. The molecular weight excluding hydrogens is 379 g/mol. The number of nitrogens with one attached hydrogen (secondary N) is 2. The topological polar surface area (TPSA) is 56.7 Å². The van der Waals surface area contributed by atoms with Crippen molar-refractivity contribution in [1.29, 1.82) is 0 Å². The van der Waals surface area contributed by atoms with Crippen LogP contribution < -0.4 is 15.5 Å². The molecule has 6 heteroatoms. The number of aliphatic imine (C=N–C) groups is 1. The number of hydrogen-bond donors (Lipinski definition) is 2. The van der Waals surface area contributed by atoms with Gasteiger partial charge in [-0.1, -0.05) is 18.2 Å². The fourth-order valence-electron chi connectivity index (χ4n) is 2.35. The number of nitrogens with zero attached hydrogens (tertiary/aromatic N) is 2. The summed E-state index contributed by atoms with van der Waals surface area (Å²) in [5.41, 5.74) is 2.59. The van der Waals surface area contributed by atoms with Gasteiger partial charge >= 0.3 is 0 Å². The van der Waals surface area contributed by atoms with Gasteiger partial charge in [0, 0.05) is 32.2 Å². The number of rotatable bonds is 4. The molecule has 0 fully saturated rings. The first-order chi connectivity index (χ1) is 9.72. The van der Waals surface area contributed by atoms with Gasteiger partial charge in [-0.15, -0.1) is 24.0 Å². The van der Waals surface area contributed by atoms with Gasteiger partial charge in [0.2, 0.25) is 5.91 Å². The molecule has 2 N–H and O–H groups in total. The van der Waals surface area contributed by atoms with Crippen LogP contribution in [0, 0.1) is 0 Å². The standard InChI is InChI=1S/C15H22N4O.HI/c1-3-16-15(18-10-9-17-12(2)20)19-11-8-13-6-4-5-7-14(13)19;/h4-7H,3,8-11H2,1-2H3,(H,16,18)(H,17,20);1H. The Hall–Kier alpha value is -1.31. The van der Waals surface area contributed by atoms with Crippen LogP contribution in [0.2, 0.25) is 0 Å². The molecule has 0 spiro atoms. The number of halogens is 1. The van der Waals surface area contributed by atoms with E-state index in [1.165, 1.54) is 18.2 Å². The predicted octanol–water partition coefficient (Wildman–Crippen LogP) is 1.77. The average molecular weight is 402 g/mol. The molecule has 0 bridgehead atoms. The molecule has 2 rings (SSSR count). The summed E-state index contributed by atoms with van der Waals surface area (Å²) in [6.45, 7) is 6.51. The molecule has 5 nitrogen and oxygen atoms in total. The van der Waals surface area contributed by atoms with E-state index in [1.807, 2.05) is 0 Å². The summed E-state index contributed by atoms with van der Waals surface area (Å²) >= 11 is 0. The number of carbonyl (C=O) groups excluding carboxylic acids is 1. The van der Waals surface area contributed by atoms with Crippen molar-refractivity contribution in [2.24, 2.45) is 4.99 Å². The number of hydrogen-bond acceptors (Lipinski definition) is 2. The van der Waals surface area contributed by atoms with Crippen LogP contribution in [-0.2, 0) is 11.2 Å². The molecule has 0 unspecified atom stereocenters. The van der Waals surface area contributed by atoms with Crippen LogP contribution in [-0.4, -0.2) is 38.0 Å². The minimum absolute atomic E-state index is 0. The van der Waals surface area contributed by atoms with Crippen molar-refractivity contribution in [3.05, 3.63) is 29.8 Å². The average Bonchev–Trinajstić information content (AvgIpc) is 2.86. The van der Waals surface area contributed by atoms with E-state index in [1.54, 1.807) is 0 Å². The lowest BCUT2D eigenvalue weighted by Gasteiger charge is -2.22. The van der Waals surface area contributed by atoms with Gasteiger partial charge in [-0.05, 0) is 25.0 Å². The van der Waals surface area contributed by atoms with Crippen LogP contribution in [0.1, 0.15) is 19.4 Å². The van der Waals surface area contributed by atoms with Gasteiger partial charge in [-0.25, -0.2) is 0 Å². The molecule has 1 aliphatic rings. The molecule has 1 aromatic rings. The van der Waals surface area contributed by atoms with Crippen LogP contribution in [0.25, 0.3) is 0 Å². The second-order valence-corrected chi connectivity index (χ2v) is 4.75. The lowest BCUT2D eigenvalue weighted by atomic mass is 10.2. The Morgan fingerprint density at radius 3 is 2.81 bits per heavy atom. The first-order valence-electron chi connectivity index (χ1n) is 7.10. The highest BCUT2D eigenvalue weighted by Gasteiger charge is 2.22. The van der Waals surface area contributed by atoms with Crippen molar-refractivity contribution in [2.75, 3.05) is 31.1 Å². The van der Waals surface area contributed by atoms with E-state index < -0.39 is 0 Å². The van der Waals surface area contributed by atoms with Gasteiger partial charge in [0.1, 0.15) is 0 Å². The number of carbonyl (C=O) groups is 1. The number of fused-ring (bicyclic) bond motifs is 1. The SMILES string of the molecule is CCNC(=NCCNC(C)=O)N1CCc2ccccc21.I. The zero-order valence-corrected chi connectivity index (χ0v) is 14.9. The Morgan fingerprint density at radius 2 is 2.10 bits per heavy atom. The van der Waals surface area contributed by atoms with Crippen molar-refractivity contribution in [1.82, 2.24) is 10.6 Å². The van der Waals surface area contributed by atoms with Crippen LogP contribution in [0.4, 0.5) is 5.69 Å². The fourth-order valence-corrected chi connectivity index (χ4v) is 2.35. The molecule has 1 heterocycles. The number of anilines is 1. The van der Waals surface area contributed by atoms with Crippen molar-refractivity contribution in [3.63, 3.8) is 0 Å². The van der Waals surface area contributed by atoms with Gasteiger partial charge < -0.3 is 15.5 Å². The maximum atomic E-state index is 10.8. The second-order valence-electron chi connectivity index (χ2n) is 4.75. The molecule has 0 radical (unpaired) electrons. The highest BCUT2D eigenvalue weighted by Crippen LogP contribution is 2.27. The molecule has 0 aromatic heterocycles. The molecule has 0 saturated heterocycles. The Bertz CT molecular complexity index is 504. The van der Waals surface area contributed by atoms with Crippen molar-refractivity contribution in [3.8, 4) is 0 Å². The first-order valence-corrected chi connectivity index (χ1v) is 7.10. The zero-order chi connectivity index (χ0) is 14.4. The predicted molar refractivity (Wildman–Crippen MR) is 97.6 cm³/mol. The summed E-state index contributed by atoms with van der Waals surface area (Å²) in [5, 5.41) is 6.08. The number of amides is 1. The van der Waals surface area contributed by atoms with Crippen LogP contribution in [0.15, 0.2) is 29.3 Å². The molecule has 116 valence electrons. The molecule has 21 heavy (non-hydrogen) atoms. The summed E-state index contributed by atoms with van der Waals surface area (Å²) in [6.07, 6.45) is 1.05. The molecule has 1 aliphatic heterocycles. The summed E-state index contributed by atoms with van der Waals surface area (Å²) in [6, 6.07) is 8.42. The molecule has 0 atom stereocenters. The first kappa shape index (κ1) is 17.7. The molecule has 1 amide bonds. The van der Waals surface area contributed by atoms with Gasteiger partial charge in [0.15, 0.2) is 5.96 Å². The van der Waals surface area contributed by atoms with Gasteiger partial charge in [0.25, 0.3) is 0 Å². The van der Waals surface area contributed by atoms with Gasteiger partial charge in [0.05, 0.1) is 6.54 Å². The maximum absolute atomic E-state index is 10.8. The summed E-state index contributed by atoms with van der Waals surface area (Å²) in [4.78, 5) is 17.6. The Balaban J connectivity index is 0.00000220. The van der Waals surface area contributed by atoms with E-state index in [0.29, 0.717) is 13.1 Å². The maximum Gasteiger partial charge on any atom is 0.216 e. The van der Waals surface area contributed by atoms with Crippen LogP contribution >= 0.6 is 24.0 Å². The Kier molecular flexibility index (Phi) is 7.49. The van der Waals surface area contributed by atoms with Gasteiger partial charge in [-0.2, -0.15) is 0 Å². The van der Waals surface area contributed by atoms with E-state index in [2.05, 4.69) is 51.7 Å². The zero-order valence-electron chi connectivity index (χ0n) is 12.6. The second kappa shape index (κ2) is 8.86. The number of benzene rings is 1. The van der Waals surface area contributed by atoms with Gasteiger partial charge in [-0.3, -0.25) is 9.79 Å². The molecular formula is C15H23IN4O. The van der Waals surface area contributed by atoms with E-state index >= 15 is 0 Å². The summed E-state index contributed by atoms with van der Waals surface area (Å²) in [5.74, 6) is 0.875. The van der Waals surface area contributed by atoms with Crippen LogP contribution in [0.5, 0.6) is 0 Å². The van der Waals surface area contributed by atoms with E-state index in [-0.39, 0.29) is 29.9 Å². The number of guanidine groups is 1. The minimum Gasteiger partial charge on any atom is -0.356 e. The lowest BCUT2D eigenvalue weighted by Crippen LogP contribution is -2.41.